The van der Waals surface area contributed by atoms with Crippen LogP contribution in [-0.4, -0.2) is 50.0 Å². The van der Waals surface area contributed by atoms with Crippen molar-refractivity contribution in [3.8, 4) is 0 Å². The molecule has 0 heterocycles. The molecule has 4 rings (SSSR count). The zero-order valence-electron chi connectivity index (χ0n) is 24.4. The molecule has 0 radical (unpaired) electrons. The molecule has 10 heteroatoms. The number of nitrogens with zero attached hydrogens (tertiary/aromatic N) is 2. The van der Waals surface area contributed by atoms with Crippen LogP contribution in [0.1, 0.15) is 56.1 Å². The van der Waals surface area contributed by atoms with Gasteiger partial charge in [-0.3, -0.25) is 13.9 Å². The first-order valence-corrected chi connectivity index (χ1v) is 17.3. The lowest BCUT2D eigenvalue weighted by atomic mass is 9.94. The third kappa shape index (κ3) is 9.71. The summed E-state index contributed by atoms with van der Waals surface area (Å²) in [6, 6.07) is 22.8. The molecule has 3 aromatic rings. The number of nitrogens with one attached hydrogen (secondary N) is 1. The number of sulfonamides is 1. The molecule has 1 N–H and O–H groups in total. The molecule has 0 saturated heterocycles. The minimum absolute atomic E-state index is 0.0477. The first kappa shape index (κ1) is 32.8. The van der Waals surface area contributed by atoms with Crippen molar-refractivity contribution in [2.45, 2.75) is 70.0 Å². The Labute approximate surface area is 265 Å². The van der Waals surface area contributed by atoms with E-state index in [1.807, 2.05) is 36.4 Å². The topological polar surface area (TPSA) is 86.8 Å². The van der Waals surface area contributed by atoms with Gasteiger partial charge in [-0.1, -0.05) is 97.1 Å². The standard InChI is InChI=1S/C33H39Cl2N3O4S/c1-43(41,42)38(29-16-9-4-10-17-29)21-11-18-32(39)37(24-26-19-20-27(34)23-30(26)35)31(22-25-12-5-2-6-13-25)33(40)36-28-14-7-3-8-15-28/h2,4-6,9-10,12-13,16-17,19-20,23,28,31H,3,7-8,11,14-15,18,21-22,24H2,1H3,(H,36,40)/t31-/m0/s1. The monoisotopic (exact) mass is 643 g/mol. The summed E-state index contributed by atoms with van der Waals surface area (Å²) in [5.74, 6) is -0.455. The van der Waals surface area contributed by atoms with Crippen molar-refractivity contribution in [1.29, 1.82) is 0 Å². The van der Waals surface area contributed by atoms with Crippen LogP contribution in [-0.2, 0) is 32.6 Å². The largest absolute Gasteiger partial charge is 0.352 e. The van der Waals surface area contributed by atoms with Gasteiger partial charge in [0.05, 0.1) is 11.9 Å². The number of carbonyl (C=O) groups excluding carboxylic acids is 2. The van der Waals surface area contributed by atoms with Crippen molar-refractivity contribution in [2.24, 2.45) is 0 Å². The second-order valence-corrected chi connectivity index (χ2v) is 13.8. The Morgan fingerprint density at radius 2 is 1.58 bits per heavy atom. The molecule has 2 amide bonds. The van der Waals surface area contributed by atoms with Gasteiger partial charge < -0.3 is 10.2 Å². The number of amides is 2. The Bertz CT molecular complexity index is 1470. The number of benzene rings is 3. The van der Waals surface area contributed by atoms with Crippen LogP contribution in [0, 0.1) is 0 Å². The van der Waals surface area contributed by atoms with E-state index in [0.29, 0.717) is 27.7 Å². The molecule has 0 bridgehead atoms. The van der Waals surface area contributed by atoms with Crippen molar-refractivity contribution in [2.75, 3.05) is 17.1 Å². The molecule has 0 aliphatic heterocycles. The van der Waals surface area contributed by atoms with Crippen LogP contribution in [0.25, 0.3) is 0 Å². The van der Waals surface area contributed by atoms with E-state index in [1.165, 1.54) is 4.31 Å². The van der Waals surface area contributed by atoms with E-state index < -0.39 is 16.1 Å². The fraction of sp³-hybridized carbons (Fsp3) is 0.394. The Balaban J connectivity index is 1.61. The molecule has 0 unspecified atom stereocenters. The van der Waals surface area contributed by atoms with Crippen molar-refractivity contribution in [3.63, 3.8) is 0 Å². The van der Waals surface area contributed by atoms with Crippen LogP contribution in [0.5, 0.6) is 0 Å². The number of halogens is 2. The van der Waals surface area contributed by atoms with Crippen LogP contribution >= 0.6 is 23.2 Å². The number of hydrogen-bond donors (Lipinski definition) is 1. The molecule has 7 nitrogen and oxygen atoms in total. The first-order chi connectivity index (χ1) is 20.6. The Morgan fingerprint density at radius 1 is 0.930 bits per heavy atom. The number of carbonyl (C=O) groups is 2. The molecule has 0 spiro atoms. The van der Waals surface area contributed by atoms with Gasteiger partial charge in [-0.25, -0.2) is 8.42 Å². The van der Waals surface area contributed by atoms with Gasteiger partial charge in [0.15, 0.2) is 0 Å². The average Bonchev–Trinajstić information content (AvgIpc) is 2.99. The lowest BCUT2D eigenvalue weighted by Crippen LogP contribution is -2.53. The van der Waals surface area contributed by atoms with E-state index in [0.717, 1.165) is 43.9 Å². The van der Waals surface area contributed by atoms with Gasteiger partial charge in [0.25, 0.3) is 0 Å². The summed E-state index contributed by atoms with van der Waals surface area (Å²) in [5.41, 5.74) is 2.14. The van der Waals surface area contributed by atoms with E-state index in [9.17, 15) is 18.0 Å². The molecule has 3 aromatic carbocycles. The van der Waals surface area contributed by atoms with Crippen LogP contribution < -0.4 is 9.62 Å². The minimum Gasteiger partial charge on any atom is -0.352 e. The molecular formula is C33H39Cl2N3O4S. The average molecular weight is 645 g/mol. The summed E-state index contributed by atoms with van der Waals surface area (Å²) in [4.78, 5) is 29.6. The molecule has 43 heavy (non-hydrogen) atoms. The second-order valence-electron chi connectivity index (χ2n) is 11.1. The molecular weight excluding hydrogens is 605 g/mol. The second kappa shape index (κ2) is 15.6. The third-order valence-electron chi connectivity index (χ3n) is 7.77. The lowest BCUT2D eigenvalue weighted by Gasteiger charge is -2.34. The lowest BCUT2D eigenvalue weighted by molar-refractivity contribution is -0.141. The Kier molecular flexibility index (Phi) is 11.9. The molecule has 230 valence electrons. The molecule has 1 aliphatic carbocycles. The van der Waals surface area contributed by atoms with Gasteiger partial charge in [0.1, 0.15) is 6.04 Å². The zero-order valence-corrected chi connectivity index (χ0v) is 26.8. The van der Waals surface area contributed by atoms with Gasteiger partial charge in [0.2, 0.25) is 21.8 Å². The zero-order chi connectivity index (χ0) is 30.8. The number of anilines is 1. The molecule has 1 aliphatic rings. The number of para-hydroxylation sites is 1. The highest BCUT2D eigenvalue weighted by Gasteiger charge is 2.32. The molecule has 1 atom stereocenters. The van der Waals surface area contributed by atoms with Crippen LogP contribution in [0.3, 0.4) is 0 Å². The van der Waals surface area contributed by atoms with Crippen LogP contribution in [0.15, 0.2) is 78.9 Å². The predicted octanol–water partition coefficient (Wildman–Crippen LogP) is 6.63. The highest BCUT2D eigenvalue weighted by molar-refractivity contribution is 7.92. The fourth-order valence-corrected chi connectivity index (χ4v) is 6.96. The third-order valence-corrected chi connectivity index (χ3v) is 9.56. The van der Waals surface area contributed by atoms with Crippen molar-refractivity contribution in [3.05, 3.63) is 100 Å². The van der Waals surface area contributed by atoms with E-state index >= 15 is 0 Å². The van der Waals surface area contributed by atoms with E-state index in [-0.39, 0.29) is 43.8 Å². The highest BCUT2D eigenvalue weighted by atomic mass is 35.5. The van der Waals surface area contributed by atoms with Gasteiger partial charge in [-0.05, 0) is 54.7 Å². The number of rotatable bonds is 13. The summed E-state index contributed by atoms with van der Waals surface area (Å²) in [6.07, 6.45) is 6.93. The molecule has 0 aromatic heterocycles. The van der Waals surface area contributed by atoms with Gasteiger partial charge in [-0.15, -0.1) is 0 Å². The maximum Gasteiger partial charge on any atom is 0.243 e. The normalized spacial score (nSPS) is 14.6. The first-order valence-electron chi connectivity index (χ1n) is 14.7. The Morgan fingerprint density at radius 3 is 2.21 bits per heavy atom. The fourth-order valence-electron chi connectivity index (χ4n) is 5.53. The number of hydrogen-bond acceptors (Lipinski definition) is 4. The van der Waals surface area contributed by atoms with Crippen molar-refractivity contribution < 1.29 is 18.0 Å². The smallest absolute Gasteiger partial charge is 0.243 e. The summed E-state index contributed by atoms with van der Waals surface area (Å²) in [7, 11) is -3.57. The maximum atomic E-state index is 14.0. The molecule has 1 fully saturated rings. The Hall–Kier alpha value is -3.07. The maximum absolute atomic E-state index is 14.0. The SMILES string of the molecule is CS(=O)(=O)N(CCCC(=O)N(Cc1ccc(Cl)cc1Cl)[C@@H](Cc1ccccc1)C(=O)NC1CCCCC1)c1ccccc1. The summed E-state index contributed by atoms with van der Waals surface area (Å²) in [5, 5.41) is 4.11. The summed E-state index contributed by atoms with van der Waals surface area (Å²) < 4.78 is 26.5. The van der Waals surface area contributed by atoms with Gasteiger partial charge >= 0.3 is 0 Å². The summed E-state index contributed by atoms with van der Waals surface area (Å²) >= 11 is 12.7. The molecule has 1 saturated carbocycles. The quantitative estimate of drug-likeness (QED) is 0.227. The van der Waals surface area contributed by atoms with E-state index in [1.54, 1.807) is 47.4 Å². The minimum atomic E-state index is -3.57. The predicted molar refractivity (Wildman–Crippen MR) is 174 cm³/mol. The van der Waals surface area contributed by atoms with Gasteiger partial charge in [0, 0.05) is 42.0 Å². The van der Waals surface area contributed by atoms with Crippen LogP contribution in [0.2, 0.25) is 10.0 Å². The van der Waals surface area contributed by atoms with Gasteiger partial charge in [-0.2, -0.15) is 0 Å². The van der Waals surface area contributed by atoms with Crippen molar-refractivity contribution >= 4 is 50.7 Å². The highest BCUT2D eigenvalue weighted by Crippen LogP contribution is 2.26. The van der Waals surface area contributed by atoms with E-state index in [2.05, 4.69) is 5.32 Å². The van der Waals surface area contributed by atoms with Crippen molar-refractivity contribution in [1.82, 2.24) is 10.2 Å². The van der Waals surface area contributed by atoms with E-state index in [4.69, 9.17) is 23.2 Å². The van der Waals surface area contributed by atoms with Crippen LogP contribution in [0.4, 0.5) is 5.69 Å². The summed E-state index contributed by atoms with van der Waals surface area (Å²) in [6.45, 7) is 0.237.